The molecule has 39 heavy (non-hydrogen) atoms. The maximum Gasteiger partial charge on any atom is 0.254 e. The molecule has 0 radical (unpaired) electrons. The van der Waals surface area contributed by atoms with E-state index in [1.165, 1.54) is 43.5 Å². The average Bonchev–Trinajstić information content (AvgIpc) is 3.75. The molecule has 9 heteroatoms. The monoisotopic (exact) mass is 524 g/mol. The van der Waals surface area contributed by atoms with Crippen LogP contribution < -0.4 is 0 Å². The number of carbonyl (C=O) groups is 1. The van der Waals surface area contributed by atoms with Crippen molar-refractivity contribution in [1.29, 1.82) is 0 Å². The number of rotatable bonds is 9. The van der Waals surface area contributed by atoms with Gasteiger partial charge in [-0.2, -0.15) is 0 Å². The number of hydrogen-bond acceptors (Lipinski definition) is 6. The van der Waals surface area contributed by atoms with Crippen LogP contribution in [0.2, 0.25) is 0 Å². The van der Waals surface area contributed by atoms with Crippen LogP contribution in [0.15, 0.2) is 73.6 Å². The van der Waals surface area contributed by atoms with Crippen molar-refractivity contribution in [1.82, 2.24) is 39.6 Å². The molecule has 0 saturated carbocycles. The lowest BCUT2D eigenvalue weighted by molar-refractivity contribution is 0.0721. The van der Waals surface area contributed by atoms with Crippen molar-refractivity contribution in [3.8, 4) is 0 Å². The summed E-state index contributed by atoms with van der Waals surface area (Å²) < 4.78 is 0. The molecule has 2 fully saturated rings. The van der Waals surface area contributed by atoms with E-state index in [2.05, 4.69) is 59.0 Å². The van der Waals surface area contributed by atoms with Gasteiger partial charge in [0.25, 0.3) is 5.91 Å². The van der Waals surface area contributed by atoms with Crippen molar-refractivity contribution in [3.63, 3.8) is 0 Å². The minimum Gasteiger partial charge on any atom is -0.347 e. The largest absolute Gasteiger partial charge is 0.347 e. The summed E-state index contributed by atoms with van der Waals surface area (Å²) in [4.78, 5) is 39.3. The maximum atomic E-state index is 13.4. The van der Waals surface area contributed by atoms with Gasteiger partial charge in [-0.25, -0.2) is 9.97 Å². The molecule has 1 aromatic carbocycles. The number of piperidine rings is 1. The standard InChI is InChI=1S/C30H36N8O/c39-29(38(21-27-32-12-13-33-27)22-28-34-14-15-35-28)26-3-1-24(2-4-26)20-37-18-9-30(23-37)7-16-36(17-8-30)19-25-5-10-31-11-6-25/h1-6,10-15H,7-9,16-23H2,(H,32,33)(H,34,35). The first-order valence-corrected chi connectivity index (χ1v) is 13.8. The van der Waals surface area contributed by atoms with Crippen LogP contribution in [0.25, 0.3) is 0 Å². The van der Waals surface area contributed by atoms with Crippen LogP contribution in [-0.4, -0.2) is 71.7 Å². The summed E-state index contributed by atoms with van der Waals surface area (Å²) in [6.07, 6.45) is 14.5. The fourth-order valence-electron chi connectivity index (χ4n) is 6.03. The number of carbonyl (C=O) groups excluding carboxylic acids is 1. The molecule has 2 aliphatic heterocycles. The van der Waals surface area contributed by atoms with Gasteiger partial charge in [0.15, 0.2) is 0 Å². The molecule has 3 aromatic heterocycles. The van der Waals surface area contributed by atoms with Crippen LogP contribution in [0, 0.1) is 5.41 Å². The van der Waals surface area contributed by atoms with Crippen molar-refractivity contribution in [3.05, 3.63) is 102 Å². The third-order valence-corrected chi connectivity index (χ3v) is 8.27. The minimum absolute atomic E-state index is 0.0343. The zero-order chi connectivity index (χ0) is 26.5. The van der Waals surface area contributed by atoms with Gasteiger partial charge in [-0.3, -0.25) is 19.6 Å². The summed E-state index contributed by atoms with van der Waals surface area (Å²) in [5, 5.41) is 0. The Balaban J connectivity index is 1.03. The third-order valence-electron chi connectivity index (χ3n) is 8.27. The summed E-state index contributed by atoms with van der Waals surface area (Å²) >= 11 is 0. The van der Waals surface area contributed by atoms with E-state index in [9.17, 15) is 4.79 Å². The van der Waals surface area contributed by atoms with Gasteiger partial charge < -0.3 is 14.9 Å². The van der Waals surface area contributed by atoms with Crippen LogP contribution in [0.1, 0.15) is 52.4 Å². The van der Waals surface area contributed by atoms with Gasteiger partial charge in [-0.05, 0) is 79.7 Å². The second-order valence-corrected chi connectivity index (χ2v) is 11.0. The van der Waals surface area contributed by atoms with Crippen molar-refractivity contribution in [2.45, 2.75) is 45.4 Å². The molecule has 0 atom stereocenters. The number of benzene rings is 1. The molecule has 0 unspecified atom stereocenters. The Morgan fingerprint density at radius 2 is 1.33 bits per heavy atom. The molecule has 0 aliphatic carbocycles. The maximum absolute atomic E-state index is 13.4. The van der Waals surface area contributed by atoms with Gasteiger partial charge in [0.2, 0.25) is 0 Å². The Hall–Kier alpha value is -3.82. The highest BCUT2D eigenvalue weighted by molar-refractivity contribution is 5.94. The molecular weight excluding hydrogens is 488 g/mol. The highest BCUT2D eigenvalue weighted by Gasteiger charge is 2.40. The second-order valence-electron chi connectivity index (χ2n) is 11.0. The number of aromatic amines is 2. The van der Waals surface area contributed by atoms with E-state index >= 15 is 0 Å². The Morgan fingerprint density at radius 1 is 0.769 bits per heavy atom. The minimum atomic E-state index is -0.0343. The number of aromatic nitrogens is 5. The molecule has 2 aliphatic rings. The van der Waals surface area contributed by atoms with Crippen LogP contribution in [0.5, 0.6) is 0 Å². The lowest BCUT2D eigenvalue weighted by Crippen LogP contribution is -2.41. The average molecular weight is 525 g/mol. The summed E-state index contributed by atoms with van der Waals surface area (Å²) in [5.74, 6) is 1.46. The summed E-state index contributed by atoms with van der Waals surface area (Å²) in [6.45, 7) is 7.38. The van der Waals surface area contributed by atoms with Gasteiger partial charge in [0.1, 0.15) is 11.6 Å². The molecule has 5 heterocycles. The Bertz CT molecular complexity index is 1280. The molecule has 2 saturated heterocycles. The lowest BCUT2D eigenvalue weighted by Gasteiger charge is -2.39. The number of imidazole rings is 2. The zero-order valence-corrected chi connectivity index (χ0v) is 22.3. The molecule has 6 rings (SSSR count). The summed E-state index contributed by atoms with van der Waals surface area (Å²) in [6, 6.07) is 12.4. The number of amides is 1. The fraction of sp³-hybridized carbons (Fsp3) is 0.400. The van der Waals surface area contributed by atoms with Crippen LogP contribution in [0.3, 0.4) is 0 Å². The molecule has 202 valence electrons. The molecule has 1 spiro atoms. The molecule has 0 bridgehead atoms. The smallest absolute Gasteiger partial charge is 0.254 e. The van der Waals surface area contributed by atoms with E-state index < -0.39 is 0 Å². The van der Waals surface area contributed by atoms with E-state index in [-0.39, 0.29) is 5.91 Å². The predicted octanol–water partition coefficient (Wildman–Crippen LogP) is 3.86. The van der Waals surface area contributed by atoms with Crippen molar-refractivity contribution in [2.24, 2.45) is 5.41 Å². The highest BCUT2D eigenvalue weighted by Crippen LogP contribution is 2.41. The van der Waals surface area contributed by atoms with Gasteiger partial charge in [0.05, 0.1) is 13.1 Å². The van der Waals surface area contributed by atoms with E-state index in [1.54, 1.807) is 29.7 Å². The van der Waals surface area contributed by atoms with Gasteiger partial charge in [-0.1, -0.05) is 12.1 Å². The van der Waals surface area contributed by atoms with E-state index in [4.69, 9.17) is 0 Å². The van der Waals surface area contributed by atoms with Crippen molar-refractivity contribution >= 4 is 5.91 Å². The number of H-pyrrole nitrogens is 2. The Morgan fingerprint density at radius 3 is 1.92 bits per heavy atom. The normalized spacial score (nSPS) is 17.5. The van der Waals surface area contributed by atoms with Crippen molar-refractivity contribution < 1.29 is 4.79 Å². The fourth-order valence-corrected chi connectivity index (χ4v) is 6.03. The summed E-state index contributed by atoms with van der Waals surface area (Å²) in [7, 11) is 0. The number of nitrogens with one attached hydrogen (secondary N) is 2. The Labute approximate surface area is 229 Å². The first-order chi connectivity index (χ1) is 19.1. The summed E-state index contributed by atoms with van der Waals surface area (Å²) in [5.41, 5.74) is 3.72. The number of hydrogen-bond donors (Lipinski definition) is 2. The molecule has 1 amide bonds. The second kappa shape index (κ2) is 11.5. The number of pyridine rings is 1. The van der Waals surface area contributed by atoms with E-state index in [1.807, 2.05) is 24.5 Å². The first-order valence-electron chi connectivity index (χ1n) is 13.8. The molecule has 4 aromatic rings. The van der Waals surface area contributed by atoms with E-state index in [0.29, 0.717) is 24.1 Å². The predicted molar refractivity (Wildman–Crippen MR) is 148 cm³/mol. The van der Waals surface area contributed by atoms with Gasteiger partial charge in [0, 0.05) is 62.4 Å². The molecule has 9 nitrogen and oxygen atoms in total. The van der Waals surface area contributed by atoms with Gasteiger partial charge in [-0.15, -0.1) is 0 Å². The van der Waals surface area contributed by atoms with Crippen LogP contribution in [0.4, 0.5) is 0 Å². The Kier molecular flexibility index (Phi) is 7.51. The lowest BCUT2D eigenvalue weighted by atomic mass is 9.77. The topological polar surface area (TPSA) is 97.0 Å². The van der Waals surface area contributed by atoms with E-state index in [0.717, 1.165) is 37.8 Å². The number of nitrogens with zero attached hydrogens (tertiary/aromatic N) is 6. The SMILES string of the molecule is O=C(c1ccc(CN2CCC3(CCN(Cc4ccncc4)CC3)C2)cc1)N(Cc1ncc[nH]1)Cc1ncc[nH]1. The first kappa shape index (κ1) is 25.5. The molecular formula is C30H36N8O. The van der Waals surface area contributed by atoms with Crippen LogP contribution in [-0.2, 0) is 26.2 Å². The quantitative estimate of drug-likeness (QED) is 0.345. The highest BCUT2D eigenvalue weighted by atomic mass is 16.2. The molecule has 2 N–H and O–H groups in total. The third kappa shape index (κ3) is 6.26. The number of likely N-dealkylation sites (tertiary alicyclic amines) is 2. The van der Waals surface area contributed by atoms with Crippen molar-refractivity contribution in [2.75, 3.05) is 26.2 Å². The van der Waals surface area contributed by atoms with Gasteiger partial charge >= 0.3 is 0 Å². The zero-order valence-electron chi connectivity index (χ0n) is 22.3. The van der Waals surface area contributed by atoms with Crippen LogP contribution >= 0.6 is 0 Å².